The SMILES string of the molecule is CC(=O)OCc1cc2c3c(cccc3c1)C(C)=C2C. The average Bonchev–Trinajstić information content (AvgIpc) is 2.64. The van der Waals surface area contributed by atoms with E-state index in [2.05, 4.69) is 44.2 Å². The Morgan fingerprint density at radius 3 is 2.58 bits per heavy atom. The highest BCUT2D eigenvalue weighted by Crippen LogP contribution is 2.42. The third kappa shape index (κ3) is 1.84. The molecule has 3 rings (SSSR count). The number of benzene rings is 2. The molecule has 0 saturated carbocycles. The molecular formula is C17H16O2. The summed E-state index contributed by atoms with van der Waals surface area (Å²) in [6, 6.07) is 10.6. The second-order valence-corrected chi connectivity index (χ2v) is 5.08. The van der Waals surface area contributed by atoms with Crippen LogP contribution in [-0.4, -0.2) is 5.97 Å². The van der Waals surface area contributed by atoms with Crippen LogP contribution in [0.3, 0.4) is 0 Å². The Labute approximate surface area is 112 Å². The zero-order chi connectivity index (χ0) is 13.6. The minimum atomic E-state index is -0.242. The summed E-state index contributed by atoms with van der Waals surface area (Å²) < 4.78 is 5.10. The van der Waals surface area contributed by atoms with Crippen molar-refractivity contribution in [2.75, 3.05) is 0 Å². The van der Waals surface area contributed by atoms with E-state index in [0.29, 0.717) is 6.61 Å². The molecule has 0 fully saturated rings. The van der Waals surface area contributed by atoms with Gasteiger partial charge in [0.2, 0.25) is 0 Å². The van der Waals surface area contributed by atoms with Crippen LogP contribution < -0.4 is 0 Å². The molecule has 0 aromatic heterocycles. The molecular weight excluding hydrogens is 236 g/mol. The molecule has 0 unspecified atom stereocenters. The second kappa shape index (κ2) is 4.23. The van der Waals surface area contributed by atoms with Gasteiger partial charge in [0.05, 0.1) is 0 Å². The summed E-state index contributed by atoms with van der Waals surface area (Å²) in [6.07, 6.45) is 0. The summed E-state index contributed by atoms with van der Waals surface area (Å²) in [5.74, 6) is -0.242. The molecule has 0 saturated heterocycles. The number of hydrogen-bond donors (Lipinski definition) is 0. The molecule has 0 atom stereocenters. The molecule has 1 aliphatic carbocycles. The maximum Gasteiger partial charge on any atom is 0.302 e. The number of ether oxygens (including phenoxy) is 1. The van der Waals surface area contributed by atoms with E-state index in [9.17, 15) is 4.79 Å². The van der Waals surface area contributed by atoms with Crippen LogP contribution >= 0.6 is 0 Å². The van der Waals surface area contributed by atoms with Crippen molar-refractivity contribution in [3.05, 3.63) is 47.0 Å². The Hall–Kier alpha value is -2.09. The molecule has 1 aliphatic rings. The van der Waals surface area contributed by atoms with E-state index in [-0.39, 0.29) is 5.97 Å². The highest BCUT2D eigenvalue weighted by atomic mass is 16.5. The molecule has 0 radical (unpaired) electrons. The summed E-state index contributed by atoms with van der Waals surface area (Å²) in [5.41, 5.74) is 6.29. The van der Waals surface area contributed by atoms with Gasteiger partial charge in [0.15, 0.2) is 0 Å². The van der Waals surface area contributed by atoms with Gasteiger partial charge in [-0.05, 0) is 64.6 Å². The minimum absolute atomic E-state index is 0.242. The maximum atomic E-state index is 10.9. The van der Waals surface area contributed by atoms with Crippen LogP contribution in [0, 0.1) is 0 Å². The fourth-order valence-electron chi connectivity index (χ4n) is 2.77. The molecule has 0 heterocycles. The summed E-state index contributed by atoms with van der Waals surface area (Å²) in [7, 11) is 0. The molecule has 0 N–H and O–H groups in total. The molecule has 0 bridgehead atoms. The molecule has 96 valence electrons. The lowest BCUT2D eigenvalue weighted by atomic mass is 9.99. The van der Waals surface area contributed by atoms with Crippen molar-refractivity contribution in [2.45, 2.75) is 27.4 Å². The lowest BCUT2D eigenvalue weighted by Crippen LogP contribution is -1.99. The van der Waals surface area contributed by atoms with Crippen LogP contribution in [0.25, 0.3) is 21.9 Å². The van der Waals surface area contributed by atoms with Crippen molar-refractivity contribution in [2.24, 2.45) is 0 Å². The molecule has 2 heteroatoms. The third-order valence-corrected chi connectivity index (χ3v) is 3.85. The molecule has 2 aromatic carbocycles. The van der Waals surface area contributed by atoms with E-state index in [1.54, 1.807) is 0 Å². The summed E-state index contributed by atoms with van der Waals surface area (Å²) in [5, 5.41) is 2.54. The van der Waals surface area contributed by atoms with E-state index in [1.165, 1.54) is 40.0 Å². The van der Waals surface area contributed by atoms with Crippen molar-refractivity contribution >= 4 is 27.9 Å². The van der Waals surface area contributed by atoms with Crippen molar-refractivity contribution in [3.8, 4) is 0 Å². The Morgan fingerprint density at radius 1 is 1.11 bits per heavy atom. The first-order valence-corrected chi connectivity index (χ1v) is 6.45. The number of carbonyl (C=O) groups excluding carboxylic acids is 1. The fraction of sp³-hybridized carbons (Fsp3) is 0.235. The fourth-order valence-corrected chi connectivity index (χ4v) is 2.77. The van der Waals surface area contributed by atoms with Crippen LogP contribution in [0.5, 0.6) is 0 Å². The van der Waals surface area contributed by atoms with Gasteiger partial charge in [-0.1, -0.05) is 18.2 Å². The highest BCUT2D eigenvalue weighted by molar-refractivity contribution is 6.13. The Kier molecular flexibility index (Phi) is 2.67. The lowest BCUT2D eigenvalue weighted by Gasteiger charge is -2.08. The van der Waals surface area contributed by atoms with Crippen LogP contribution in [0.15, 0.2) is 30.3 Å². The molecule has 0 spiro atoms. The van der Waals surface area contributed by atoms with E-state index in [4.69, 9.17) is 4.74 Å². The number of rotatable bonds is 2. The quantitative estimate of drug-likeness (QED) is 0.750. The first-order valence-electron chi connectivity index (χ1n) is 6.45. The zero-order valence-corrected chi connectivity index (χ0v) is 11.4. The van der Waals surface area contributed by atoms with E-state index < -0.39 is 0 Å². The molecule has 0 amide bonds. The highest BCUT2D eigenvalue weighted by Gasteiger charge is 2.19. The van der Waals surface area contributed by atoms with Crippen molar-refractivity contribution in [1.29, 1.82) is 0 Å². The standard InChI is InChI=1S/C17H16O2/c1-10-11(2)16-8-13(9-19-12(3)18)7-14-5-4-6-15(10)17(14)16/h4-8H,9H2,1-3H3. The topological polar surface area (TPSA) is 26.3 Å². The lowest BCUT2D eigenvalue weighted by molar-refractivity contribution is -0.142. The normalized spacial score (nSPS) is 13.2. The van der Waals surface area contributed by atoms with Gasteiger partial charge >= 0.3 is 5.97 Å². The van der Waals surface area contributed by atoms with Gasteiger partial charge in [-0.2, -0.15) is 0 Å². The monoisotopic (exact) mass is 252 g/mol. The number of esters is 1. The molecule has 2 nitrogen and oxygen atoms in total. The van der Waals surface area contributed by atoms with Crippen LogP contribution in [0.2, 0.25) is 0 Å². The van der Waals surface area contributed by atoms with Crippen molar-refractivity contribution in [3.63, 3.8) is 0 Å². The van der Waals surface area contributed by atoms with Gasteiger partial charge in [-0.25, -0.2) is 0 Å². The third-order valence-electron chi connectivity index (χ3n) is 3.85. The largest absolute Gasteiger partial charge is 0.461 e. The summed E-state index contributed by atoms with van der Waals surface area (Å²) in [4.78, 5) is 10.9. The minimum Gasteiger partial charge on any atom is -0.461 e. The van der Waals surface area contributed by atoms with Gasteiger partial charge in [-0.3, -0.25) is 4.79 Å². The maximum absolute atomic E-state index is 10.9. The first-order chi connectivity index (χ1) is 9.08. The molecule has 0 aliphatic heterocycles. The number of carbonyl (C=O) groups is 1. The number of hydrogen-bond acceptors (Lipinski definition) is 2. The average molecular weight is 252 g/mol. The zero-order valence-electron chi connectivity index (χ0n) is 11.4. The van der Waals surface area contributed by atoms with Crippen molar-refractivity contribution in [1.82, 2.24) is 0 Å². The van der Waals surface area contributed by atoms with Gasteiger partial charge in [0.1, 0.15) is 6.61 Å². The summed E-state index contributed by atoms with van der Waals surface area (Å²) >= 11 is 0. The van der Waals surface area contributed by atoms with E-state index in [1.807, 2.05) is 0 Å². The predicted octanol–water partition coefficient (Wildman–Crippen LogP) is 4.17. The second-order valence-electron chi connectivity index (χ2n) is 5.08. The van der Waals surface area contributed by atoms with Gasteiger partial charge in [0, 0.05) is 6.92 Å². The Morgan fingerprint density at radius 2 is 1.84 bits per heavy atom. The Bertz CT molecular complexity index is 723. The van der Waals surface area contributed by atoms with Crippen LogP contribution in [0.1, 0.15) is 37.5 Å². The van der Waals surface area contributed by atoms with E-state index >= 15 is 0 Å². The van der Waals surface area contributed by atoms with E-state index in [0.717, 1.165) is 5.56 Å². The van der Waals surface area contributed by atoms with Gasteiger partial charge < -0.3 is 4.74 Å². The van der Waals surface area contributed by atoms with Crippen LogP contribution in [-0.2, 0) is 16.1 Å². The number of allylic oxidation sites excluding steroid dienone is 2. The Balaban J connectivity index is 2.17. The molecule has 19 heavy (non-hydrogen) atoms. The van der Waals surface area contributed by atoms with Gasteiger partial charge in [0.25, 0.3) is 0 Å². The van der Waals surface area contributed by atoms with Crippen LogP contribution in [0.4, 0.5) is 0 Å². The summed E-state index contributed by atoms with van der Waals surface area (Å²) in [6.45, 7) is 6.10. The van der Waals surface area contributed by atoms with Gasteiger partial charge in [-0.15, -0.1) is 0 Å². The van der Waals surface area contributed by atoms with Crippen molar-refractivity contribution < 1.29 is 9.53 Å². The molecule has 2 aromatic rings. The first kappa shape index (κ1) is 12.0. The smallest absolute Gasteiger partial charge is 0.302 e. The predicted molar refractivity (Wildman–Crippen MR) is 77.6 cm³/mol.